The molecule has 0 aliphatic rings. The highest BCUT2D eigenvalue weighted by Crippen LogP contribution is 2.19. The molecular formula is C63H125NO3. The zero-order chi connectivity index (χ0) is 48.5. The van der Waals surface area contributed by atoms with Gasteiger partial charge in [-0.2, -0.15) is 0 Å². The largest absolute Gasteiger partial charge is 0.394 e. The standard InChI is InChI=1S/C63H125NO3/c1-3-5-7-9-11-13-15-17-19-21-23-25-27-29-31-32-33-35-37-39-41-43-45-47-49-51-53-55-57-59-63(67)64-61(60-65)62(66)58-56-54-52-50-48-46-44-42-40-38-36-34-30-28-26-24-22-20-18-16-14-12-10-8-6-4-2/h56,58,61-62,65-66H,3-55,57,59-60H2,1-2H3,(H,64,67)/b58-56+. The fraction of sp³-hybridized carbons (Fsp3) is 0.952. The van der Waals surface area contributed by atoms with Crippen LogP contribution in [0, 0.1) is 0 Å². The van der Waals surface area contributed by atoms with Gasteiger partial charge >= 0.3 is 0 Å². The van der Waals surface area contributed by atoms with E-state index in [2.05, 4.69) is 19.2 Å². The number of rotatable bonds is 59. The predicted molar refractivity (Wildman–Crippen MR) is 299 cm³/mol. The number of hydrogen-bond donors (Lipinski definition) is 3. The van der Waals surface area contributed by atoms with Crippen LogP contribution in [-0.2, 0) is 4.79 Å². The van der Waals surface area contributed by atoms with Crippen molar-refractivity contribution in [1.82, 2.24) is 5.32 Å². The van der Waals surface area contributed by atoms with Crippen molar-refractivity contribution < 1.29 is 15.0 Å². The number of aliphatic hydroxyl groups excluding tert-OH is 2. The van der Waals surface area contributed by atoms with Crippen LogP contribution in [0.1, 0.15) is 367 Å². The van der Waals surface area contributed by atoms with E-state index in [9.17, 15) is 15.0 Å². The lowest BCUT2D eigenvalue weighted by Gasteiger charge is -2.20. The molecule has 67 heavy (non-hydrogen) atoms. The van der Waals surface area contributed by atoms with Crippen LogP contribution in [0.25, 0.3) is 0 Å². The number of aliphatic hydroxyl groups is 2. The highest BCUT2D eigenvalue weighted by Gasteiger charge is 2.18. The summed E-state index contributed by atoms with van der Waals surface area (Å²) in [5.74, 6) is -0.0541. The van der Waals surface area contributed by atoms with Gasteiger partial charge < -0.3 is 15.5 Å². The molecule has 0 aliphatic heterocycles. The summed E-state index contributed by atoms with van der Waals surface area (Å²) >= 11 is 0. The van der Waals surface area contributed by atoms with E-state index in [1.54, 1.807) is 6.08 Å². The van der Waals surface area contributed by atoms with Gasteiger partial charge in [0.1, 0.15) is 0 Å². The number of carbonyl (C=O) groups is 1. The van der Waals surface area contributed by atoms with Gasteiger partial charge in [-0.05, 0) is 19.3 Å². The van der Waals surface area contributed by atoms with E-state index < -0.39 is 12.1 Å². The zero-order valence-corrected chi connectivity index (χ0v) is 46.2. The van der Waals surface area contributed by atoms with Crippen molar-refractivity contribution in [2.45, 2.75) is 379 Å². The van der Waals surface area contributed by atoms with E-state index in [-0.39, 0.29) is 12.5 Å². The molecule has 0 aliphatic carbocycles. The summed E-state index contributed by atoms with van der Waals surface area (Å²) in [6, 6.07) is -0.619. The van der Waals surface area contributed by atoms with Crippen molar-refractivity contribution in [3.8, 4) is 0 Å². The van der Waals surface area contributed by atoms with E-state index in [1.807, 2.05) is 6.08 Å². The van der Waals surface area contributed by atoms with Crippen LogP contribution >= 0.6 is 0 Å². The molecule has 2 unspecified atom stereocenters. The van der Waals surface area contributed by atoms with Crippen molar-refractivity contribution in [2.75, 3.05) is 6.61 Å². The third-order valence-corrected chi connectivity index (χ3v) is 15.0. The molecule has 0 saturated heterocycles. The third kappa shape index (κ3) is 55.9. The van der Waals surface area contributed by atoms with Gasteiger partial charge in [-0.15, -0.1) is 0 Å². The average molecular weight is 945 g/mol. The highest BCUT2D eigenvalue weighted by molar-refractivity contribution is 5.76. The van der Waals surface area contributed by atoms with Crippen LogP contribution in [0.2, 0.25) is 0 Å². The van der Waals surface area contributed by atoms with Crippen molar-refractivity contribution in [2.24, 2.45) is 0 Å². The lowest BCUT2D eigenvalue weighted by atomic mass is 10.0. The van der Waals surface area contributed by atoms with Crippen LogP contribution < -0.4 is 5.32 Å². The Bertz CT molecular complexity index is 936. The summed E-state index contributed by atoms with van der Waals surface area (Å²) < 4.78 is 0. The van der Waals surface area contributed by atoms with Gasteiger partial charge in [0.15, 0.2) is 0 Å². The minimum absolute atomic E-state index is 0.0541. The molecule has 0 saturated carbocycles. The molecule has 0 bridgehead atoms. The van der Waals surface area contributed by atoms with E-state index >= 15 is 0 Å². The van der Waals surface area contributed by atoms with E-state index in [1.165, 1.54) is 321 Å². The maximum Gasteiger partial charge on any atom is 0.220 e. The van der Waals surface area contributed by atoms with Gasteiger partial charge in [-0.1, -0.05) is 353 Å². The number of allylic oxidation sites excluding steroid dienone is 1. The summed E-state index contributed by atoms with van der Waals surface area (Å²) in [4.78, 5) is 12.5. The molecule has 0 aromatic rings. The molecule has 4 nitrogen and oxygen atoms in total. The van der Waals surface area contributed by atoms with Gasteiger partial charge in [0.05, 0.1) is 18.8 Å². The second-order valence-electron chi connectivity index (χ2n) is 21.8. The summed E-state index contributed by atoms with van der Waals surface area (Å²) in [6.45, 7) is 4.36. The molecule has 0 heterocycles. The van der Waals surface area contributed by atoms with Crippen molar-refractivity contribution in [1.29, 1.82) is 0 Å². The first kappa shape index (κ1) is 66.1. The van der Waals surface area contributed by atoms with Gasteiger partial charge in [0.2, 0.25) is 5.91 Å². The Balaban J connectivity index is 3.42. The molecule has 4 heteroatoms. The quantitative estimate of drug-likeness (QED) is 0.0420. The SMILES string of the molecule is CCCCCCCCCCCCCCCCCCCCCCCCCC/C=C/C(O)C(CO)NC(=O)CCCCCCCCCCCCCCCCCCCCCCCCCCCCCCC. The van der Waals surface area contributed by atoms with Gasteiger partial charge in [0.25, 0.3) is 0 Å². The summed E-state index contributed by atoms with van der Waals surface area (Å²) in [5, 5.41) is 23.2. The number of carbonyl (C=O) groups excluding carboxylic acids is 1. The van der Waals surface area contributed by atoms with E-state index in [0.717, 1.165) is 25.7 Å². The first-order valence-corrected chi connectivity index (χ1v) is 31.4. The first-order valence-electron chi connectivity index (χ1n) is 31.4. The molecular weight excluding hydrogens is 819 g/mol. The minimum Gasteiger partial charge on any atom is -0.394 e. The normalized spacial score (nSPS) is 12.7. The summed E-state index contributed by atoms with van der Waals surface area (Å²) in [6.07, 6.45) is 78.4. The van der Waals surface area contributed by atoms with Crippen molar-refractivity contribution >= 4 is 5.91 Å². The molecule has 0 aromatic heterocycles. The Morgan fingerprint density at radius 1 is 0.343 bits per heavy atom. The van der Waals surface area contributed by atoms with Crippen LogP contribution in [0.5, 0.6) is 0 Å². The lowest BCUT2D eigenvalue weighted by molar-refractivity contribution is -0.123. The Morgan fingerprint density at radius 3 is 0.776 bits per heavy atom. The van der Waals surface area contributed by atoms with Crippen LogP contribution in [0.15, 0.2) is 12.2 Å². The topological polar surface area (TPSA) is 69.6 Å². The Labute approximate surface area is 422 Å². The Morgan fingerprint density at radius 2 is 0.552 bits per heavy atom. The smallest absolute Gasteiger partial charge is 0.220 e. The minimum atomic E-state index is -0.836. The number of nitrogens with one attached hydrogen (secondary N) is 1. The zero-order valence-electron chi connectivity index (χ0n) is 46.2. The Hall–Kier alpha value is -0.870. The number of unbranched alkanes of at least 4 members (excludes halogenated alkanes) is 52. The lowest BCUT2D eigenvalue weighted by Crippen LogP contribution is -2.45. The predicted octanol–water partition coefficient (Wildman–Crippen LogP) is 20.9. The fourth-order valence-corrected chi connectivity index (χ4v) is 10.2. The number of hydrogen-bond acceptors (Lipinski definition) is 3. The van der Waals surface area contributed by atoms with E-state index in [4.69, 9.17) is 0 Å². The molecule has 1 amide bonds. The van der Waals surface area contributed by atoms with E-state index in [0.29, 0.717) is 6.42 Å². The van der Waals surface area contributed by atoms with Gasteiger partial charge in [0, 0.05) is 6.42 Å². The Kier molecular flexibility index (Phi) is 58.7. The van der Waals surface area contributed by atoms with Gasteiger partial charge in [-0.3, -0.25) is 4.79 Å². The first-order chi connectivity index (χ1) is 33.2. The molecule has 0 rings (SSSR count). The maximum absolute atomic E-state index is 12.5. The summed E-state index contributed by atoms with van der Waals surface area (Å²) in [5.41, 5.74) is 0. The third-order valence-electron chi connectivity index (χ3n) is 15.0. The molecule has 400 valence electrons. The average Bonchev–Trinajstić information content (AvgIpc) is 3.33. The molecule has 0 spiro atoms. The van der Waals surface area contributed by atoms with Crippen molar-refractivity contribution in [3.05, 3.63) is 12.2 Å². The molecule has 3 N–H and O–H groups in total. The second kappa shape index (κ2) is 59.4. The van der Waals surface area contributed by atoms with Crippen molar-refractivity contribution in [3.63, 3.8) is 0 Å². The maximum atomic E-state index is 12.5. The second-order valence-corrected chi connectivity index (χ2v) is 21.8. The molecule has 0 fully saturated rings. The summed E-state index contributed by atoms with van der Waals surface area (Å²) in [7, 11) is 0. The van der Waals surface area contributed by atoms with Crippen LogP contribution in [0.3, 0.4) is 0 Å². The number of amides is 1. The highest BCUT2D eigenvalue weighted by atomic mass is 16.3. The van der Waals surface area contributed by atoms with Crippen LogP contribution in [-0.4, -0.2) is 34.9 Å². The van der Waals surface area contributed by atoms with Gasteiger partial charge in [-0.25, -0.2) is 0 Å². The fourth-order valence-electron chi connectivity index (χ4n) is 10.2. The monoisotopic (exact) mass is 944 g/mol. The molecule has 0 radical (unpaired) electrons. The van der Waals surface area contributed by atoms with Crippen LogP contribution in [0.4, 0.5) is 0 Å². The molecule has 0 aromatic carbocycles. The molecule has 2 atom stereocenters.